The Labute approximate surface area is 105 Å². The van der Waals surface area contributed by atoms with Crippen LogP contribution in [0.25, 0.3) is 0 Å². The van der Waals surface area contributed by atoms with Crippen LogP contribution in [0.15, 0.2) is 54.6 Å². The first-order valence-corrected chi connectivity index (χ1v) is 5.63. The summed E-state index contributed by atoms with van der Waals surface area (Å²) in [4.78, 5) is 10.1. The average Bonchev–Trinajstić information content (AvgIpc) is 2.40. The van der Waals surface area contributed by atoms with Crippen molar-refractivity contribution in [1.29, 1.82) is 0 Å². The number of aliphatic hydroxyl groups is 1. The van der Waals surface area contributed by atoms with Crippen LogP contribution in [-0.4, -0.2) is 10.0 Å². The fraction of sp³-hybridized carbons (Fsp3) is 0.143. The first kappa shape index (κ1) is 12.3. The Kier molecular flexibility index (Phi) is 3.69. The minimum Gasteiger partial charge on any atom is -0.388 e. The largest absolute Gasteiger partial charge is 0.388 e. The molecule has 0 heterocycles. The quantitative estimate of drug-likeness (QED) is 0.663. The molecule has 0 bridgehead atoms. The zero-order chi connectivity index (χ0) is 13.0. The standard InChI is InChI=1S/C14H13NO3/c16-14(10-11-4-2-1-3-5-11)12-6-8-13(9-7-12)15(17)18/h1-9,14,16H,10H2. The van der Waals surface area contributed by atoms with Gasteiger partial charge in [-0.1, -0.05) is 30.3 Å². The number of aliphatic hydroxyl groups excluding tert-OH is 1. The van der Waals surface area contributed by atoms with E-state index in [1.165, 1.54) is 12.1 Å². The van der Waals surface area contributed by atoms with Crippen LogP contribution in [0.5, 0.6) is 0 Å². The molecule has 0 aromatic heterocycles. The first-order valence-electron chi connectivity index (χ1n) is 5.63. The lowest BCUT2D eigenvalue weighted by Crippen LogP contribution is -2.01. The minimum atomic E-state index is -0.645. The number of non-ortho nitro benzene ring substituents is 1. The fourth-order valence-corrected chi connectivity index (χ4v) is 1.77. The van der Waals surface area contributed by atoms with Gasteiger partial charge in [-0.25, -0.2) is 0 Å². The molecule has 1 atom stereocenters. The molecule has 4 nitrogen and oxygen atoms in total. The highest BCUT2D eigenvalue weighted by molar-refractivity contribution is 5.34. The molecule has 0 aliphatic heterocycles. The summed E-state index contributed by atoms with van der Waals surface area (Å²) in [5.41, 5.74) is 1.75. The van der Waals surface area contributed by atoms with Crippen molar-refractivity contribution in [2.24, 2.45) is 0 Å². The summed E-state index contributed by atoms with van der Waals surface area (Å²) in [5, 5.41) is 20.5. The molecule has 0 saturated heterocycles. The van der Waals surface area contributed by atoms with Gasteiger partial charge < -0.3 is 5.11 Å². The van der Waals surface area contributed by atoms with Gasteiger partial charge in [-0.15, -0.1) is 0 Å². The average molecular weight is 243 g/mol. The van der Waals surface area contributed by atoms with Crippen molar-refractivity contribution in [3.63, 3.8) is 0 Å². The third-order valence-corrected chi connectivity index (χ3v) is 2.76. The number of hydrogen-bond acceptors (Lipinski definition) is 3. The normalized spacial score (nSPS) is 12.1. The minimum absolute atomic E-state index is 0.0330. The summed E-state index contributed by atoms with van der Waals surface area (Å²) < 4.78 is 0. The smallest absolute Gasteiger partial charge is 0.269 e. The number of nitro benzene ring substituents is 1. The summed E-state index contributed by atoms with van der Waals surface area (Å²) >= 11 is 0. The number of hydrogen-bond donors (Lipinski definition) is 1. The second-order valence-corrected chi connectivity index (χ2v) is 4.05. The Bertz CT molecular complexity index is 522. The van der Waals surface area contributed by atoms with Crippen LogP contribution in [0.4, 0.5) is 5.69 Å². The summed E-state index contributed by atoms with van der Waals surface area (Å²) in [6, 6.07) is 15.6. The zero-order valence-electron chi connectivity index (χ0n) is 9.69. The van der Waals surface area contributed by atoms with Gasteiger partial charge in [0, 0.05) is 18.6 Å². The van der Waals surface area contributed by atoms with Crippen molar-refractivity contribution in [1.82, 2.24) is 0 Å². The molecule has 92 valence electrons. The fourth-order valence-electron chi connectivity index (χ4n) is 1.77. The van der Waals surface area contributed by atoms with E-state index in [4.69, 9.17) is 0 Å². The molecule has 0 aliphatic carbocycles. The van der Waals surface area contributed by atoms with Crippen molar-refractivity contribution >= 4 is 5.69 Å². The lowest BCUT2D eigenvalue weighted by Gasteiger charge is -2.10. The highest BCUT2D eigenvalue weighted by Gasteiger charge is 2.10. The monoisotopic (exact) mass is 243 g/mol. The maximum absolute atomic E-state index is 10.5. The molecule has 0 radical (unpaired) electrons. The molecule has 0 fully saturated rings. The topological polar surface area (TPSA) is 63.4 Å². The molecular weight excluding hydrogens is 230 g/mol. The van der Waals surface area contributed by atoms with Gasteiger partial charge in [-0.2, -0.15) is 0 Å². The maximum atomic E-state index is 10.5. The van der Waals surface area contributed by atoms with E-state index >= 15 is 0 Å². The van der Waals surface area contributed by atoms with Gasteiger partial charge in [0.2, 0.25) is 0 Å². The van der Waals surface area contributed by atoms with Crippen LogP contribution in [0.1, 0.15) is 17.2 Å². The van der Waals surface area contributed by atoms with Crippen LogP contribution in [0.2, 0.25) is 0 Å². The second kappa shape index (κ2) is 5.42. The van der Waals surface area contributed by atoms with E-state index in [1.807, 2.05) is 30.3 Å². The van der Waals surface area contributed by atoms with Crippen molar-refractivity contribution in [2.45, 2.75) is 12.5 Å². The molecule has 0 spiro atoms. The summed E-state index contributed by atoms with van der Waals surface area (Å²) in [7, 11) is 0. The Morgan fingerprint density at radius 1 is 1.06 bits per heavy atom. The molecule has 4 heteroatoms. The molecule has 1 N–H and O–H groups in total. The molecule has 18 heavy (non-hydrogen) atoms. The Morgan fingerprint density at radius 2 is 1.67 bits per heavy atom. The van der Waals surface area contributed by atoms with Crippen molar-refractivity contribution < 1.29 is 10.0 Å². The molecule has 2 aromatic rings. The van der Waals surface area contributed by atoms with Gasteiger partial charge in [-0.05, 0) is 23.3 Å². The number of benzene rings is 2. The zero-order valence-corrected chi connectivity index (χ0v) is 9.69. The SMILES string of the molecule is O=[N+]([O-])c1ccc(C(O)Cc2ccccc2)cc1. The summed E-state index contributed by atoms with van der Waals surface area (Å²) in [6.45, 7) is 0. The van der Waals surface area contributed by atoms with Gasteiger partial charge >= 0.3 is 0 Å². The second-order valence-electron chi connectivity index (χ2n) is 4.05. The van der Waals surface area contributed by atoms with Crippen molar-refractivity contribution in [3.05, 3.63) is 75.8 Å². The van der Waals surface area contributed by atoms with E-state index in [2.05, 4.69) is 0 Å². The molecule has 2 aromatic carbocycles. The van der Waals surface area contributed by atoms with Crippen molar-refractivity contribution in [2.75, 3.05) is 0 Å². The first-order chi connectivity index (χ1) is 8.66. The van der Waals surface area contributed by atoms with E-state index < -0.39 is 11.0 Å². The van der Waals surface area contributed by atoms with E-state index in [0.717, 1.165) is 5.56 Å². The van der Waals surface area contributed by atoms with Crippen LogP contribution in [-0.2, 0) is 6.42 Å². The third-order valence-electron chi connectivity index (χ3n) is 2.76. The molecular formula is C14H13NO3. The molecule has 2 rings (SSSR count). The van der Waals surface area contributed by atoms with E-state index in [1.54, 1.807) is 12.1 Å². The van der Waals surface area contributed by atoms with Crippen LogP contribution in [0.3, 0.4) is 0 Å². The summed E-state index contributed by atoms with van der Waals surface area (Å²) in [6.07, 6.45) is -0.147. The Balaban J connectivity index is 2.09. The number of nitrogens with zero attached hydrogens (tertiary/aromatic N) is 1. The van der Waals surface area contributed by atoms with E-state index in [-0.39, 0.29) is 5.69 Å². The predicted molar refractivity (Wildman–Crippen MR) is 68.2 cm³/mol. The van der Waals surface area contributed by atoms with Crippen LogP contribution >= 0.6 is 0 Å². The van der Waals surface area contributed by atoms with E-state index in [0.29, 0.717) is 12.0 Å². The molecule has 0 saturated carbocycles. The maximum Gasteiger partial charge on any atom is 0.269 e. The third kappa shape index (κ3) is 2.93. The molecule has 0 amide bonds. The van der Waals surface area contributed by atoms with Crippen LogP contribution in [0, 0.1) is 10.1 Å². The lowest BCUT2D eigenvalue weighted by molar-refractivity contribution is -0.384. The number of nitro groups is 1. The van der Waals surface area contributed by atoms with Gasteiger partial charge in [0.05, 0.1) is 11.0 Å². The van der Waals surface area contributed by atoms with Crippen molar-refractivity contribution in [3.8, 4) is 0 Å². The number of rotatable bonds is 4. The van der Waals surface area contributed by atoms with Gasteiger partial charge in [0.1, 0.15) is 0 Å². The Hall–Kier alpha value is -2.20. The van der Waals surface area contributed by atoms with Gasteiger partial charge in [-0.3, -0.25) is 10.1 Å². The van der Waals surface area contributed by atoms with Gasteiger partial charge in [0.15, 0.2) is 0 Å². The molecule has 0 aliphatic rings. The predicted octanol–water partition coefficient (Wildman–Crippen LogP) is 2.87. The molecule has 1 unspecified atom stereocenters. The lowest BCUT2D eigenvalue weighted by atomic mass is 10.0. The van der Waals surface area contributed by atoms with Gasteiger partial charge in [0.25, 0.3) is 5.69 Å². The highest BCUT2D eigenvalue weighted by atomic mass is 16.6. The van der Waals surface area contributed by atoms with Crippen LogP contribution < -0.4 is 0 Å². The highest BCUT2D eigenvalue weighted by Crippen LogP contribution is 2.20. The summed E-state index contributed by atoms with van der Waals surface area (Å²) in [5.74, 6) is 0. The van der Waals surface area contributed by atoms with E-state index in [9.17, 15) is 15.2 Å². The Morgan fingerprint density at radius 3 is 2.22 bits per heavy atom.